The van der Waals surface area contributed by atoms with Gasteiger partial charge in [0.25, 0.3) is 11.6 Å². The second-order valence-corrected chi connectivity index (χ2v) is 6.12. The molecule has 1 heterocycles. The van der Waals surface area contributed by atoms with Gasteiger partial charge < -0.3 is 10.7 Å². The molecule has 1 aromatic carbocycles. The van der Waals surface area contributed by atoms with E-state index in [-0.39, 0.29) is 17.3 Å². The molecule has 114 valence electrons. The van der Waals surface area contributed by atoms with Gasteiger partial charge in [0, 0.05) is 18.2 Å². The first-order valence-corrected chi connectivity index (χ1v) is 7.88. The first kappa shape index (κ1) is 15.6. The van der Waals surface area contributed by atoms with Gasteiger partial charge >= 0.3 is 0 Å². The zero-order chi connectivity index (χ0) is 15.2. The van der Waals surface area contributed by atoms with Gasteiger partial charge in [0.1, 0.15) is 5.69 Å². The third-order valence-corrected chi connectivity index (χ3v) is 4.55. The SMILES string of the molecule is NNc1cc(C(=O)NCC2CCSCC2)ccc1[N+](=O)[O-]. The standard InChI is InChI=1S/C13H18N4O3S/c14-16-11-7-10(1-2-12(11)17(19)20)13(18)15-8-9-3-5-21-6-4-9/h1-2,7,9,16H,3-6,8,14H2,(H,15,18). The van der Waals surface area contributed by atoms with Crippen LogP contribution in [0.15, 0.2) is 18.2 Å². The monoisotopic (exact) mass is 310 g/mol. The summed E-state index contributed by atoms with van der Waals surface area (Å²) < 4.78 is 0. The van der Waals surface area contributed by atoms with Crippen LogP contribution in [-0.4, -0.2) is 28.9 Å². The average Bonchev–Trinajstić information content (AvgIpc) is 2.52. The summed E-state index contributed by atoms with van der Waals surface area (Å²) in [5.41, 5.74) is 2.59. The van der Waals surface area contributed by atoms with E-state index in [1.165, 1.54) is 18.2 Å². The molecule has 0 aromatic heterocycles. The molecule has 1 aliphatic rings. The molecule has 0 aliphatic carbocycles. The number of nitro groups is 1. The first-order valence-electron chi connectivity index (χ1n) is 6.73. The van der Waals surface area contributed by atoms with Crippen LogP contribution in [-0.2, 0) is 0 Å². The quantitative estimate of drug-likeness (QED) is 0.434. The smallest absolute Gasteiger partial charge is 0.293 e. The molecule has 1 aromatic rings. The molecule has 7 nitrogen and oxygen atoms in total. The van der Waals surface area contributed by atoms with Crippen molar-refractivity contribution in [3.05, 3.63) is 33.9 Å². The van der Waals surface area contributed by atoms with E-state index in [2.05, 4.69) is 10.7 Å². The number of nitrogens with one attached hydrogen (secondary N) is 2. The molecular weight excluding hydrogens is 292 g/mol. The van der Waals surface area contributed by atoms with E-state index in [1.54, 1.807) is 0 Å². The van der Waals surface area contributed by atoms with Crippen molar-refractivity contribution in [2.75, 3.05) is 23.5 Å². The van der Waals surface area contributed by atoms with Crippen LogP contribution in [0.3, 0.4) is 0 Å². The van der Waals surface area contributed by atoms with Crippen molar-refractivity contribution in [3.63, 3.8) is 0 Å². The lowest BCUT2D eigenvalue weighted by atomic mass is 10.0. The summed E-state index contributed by atoms with van der Waals surface area (Å²) >= 11 is 1.94. The van der Waals surface area contributed by atoms with E-state index in [4.69, 9.17) is 5.84 Å². The van der Waals surface area contributed by atoms with E-state index in [0.29, 0.717) is 18.0 Å². The van der Waals surface area contributed by atoms with Crippen molar-refractivity contribution in [1.82, 2.24) is 5.32 Å². The van der Waals surface area contributed by atoms with Gasteiger partial charge in [-0.3, -0.25) is 20.8 Å². The fourth-order valence-electron chi connectivity index (χ4n) is 2.24. The molecule has 0 bridgehead atoms. The van der Waals surface area contributed by atoms with Gasteiger partial charge in [-0.25, -0.2) is 0 Å². The summed E-state index contributed by atoms with van der Waals surface area (Å²) in [7, 11) is 0. The molecule has 2 rings (SSSR count). The van der Waals surface area contributed by atoms with Crippen molar-refractivity contribution in [2.24, 2.45) is 11.8 Å². The van der Waals surface area contributed by atoms with Crippen molar-refractivity contribution in [1.29, 1.82) is 0 Å². The largest absolute Gasteiger partial charge is 0.352 e. The number of carbonyl (C=O) groups excluding carboxylic acids is 1. The Bertz CT molecular complexity index is 532. The number of hydrazine groups is 1. The highest BCUT2D eigenvalue weighted by molar-refractivity contribution is 7.99. The fourth-order valence-corrected chi connectivity index (χ4v) is 3.45. The van der Waals surface area contributed by atoms with Crippen LogP contribution in [0.1, 0.15) is 23.2 Å². The van der Waals surface area contributed by atoms with Crippen LogP contribution < -0.4 is 16.6 Å². The Hall–Kier alpha value is -1.80. The van der Waals surface area contributed by atoms with E-state index in [0.717, 1.165) is 24.3 Å². The maximum atomic E-state index is 12.1. The Morgan fingerprint density at radius 1 is 1.43 bits per heavy atom. The van der Waals surface area contributed by atoms with E-state index < -0.39 is 4.92 Å². The summed E-state index contributed by atoms with van der Waals surface area (Å²) in [6.07, 6.45) is 2.22. The van der Waals surface area contributed by atoms with Gasteiger partial charge in [-0.1, -0.05) is 0 Å². The van der Waals surface area contributed by atoms with Gasteiger partial charge in [-0.05, 0) is 42.4 Å². The fraction of sp³-hybridized carbons (Fsp3) is 0.462. The number of anilines is 1. The summed E-state index contributed by atoms with van der Waals surface area (Å²) in [6, 6.07) is 4.11. The maximum Gasteiger partial charge on any atom is 0.293 e. The highest BCUT2D eigenvalue weighted by Crippen LogP contribution is 2.25. The highest BCUT2D eigenvalue weighted by atomic mass is 32.2. The molecule has 1 amide bonds. The van der Waals surface area contributed by atoms with Crippen LogP contribution in [0.2, 0.25) is 0 Å². The van der Waals surface area contributed by atoms with Crippen molar-refractivity contribution >= 4 is 29.0 Å². The molecule has 8 heteroatoms. The number of amides is 1. The predicted molar refractivity (Wildman–Crippen MR) is 83.3 cm³/mol. The number of hydrogen-bond donors (Lipinski definition) is 3. The lowest BCUT2D eigenvalue weighted by Gasteiger charge is -2.21. The minimum Gasteiger partial charge on any atom is -0.352 e. The Balaban J connectivity index is 2.00. The summed E-state index contributed by atoms with van der Waals surface area (Å²) in [5, 5.41) is 13.7. The topological polar surface area (TPSA) is 110 Å². The van der Waals surface area contributed by atoms with E-state index in [1.807, 2.05) is 11.8 Å². The Morgan fingerprint density at radius 2 is 2.14 bits per heavy atom. The van der Waals surface area contributed by atoms with Crippen LogP contribution in [0, 0.1) is 16.0 Å². The maximum absolute atomic E-state index is 12.1. The zero-order valence-corrected chi connectivity index (χ0v) is 12.3. The molecule has 0 saturated carbocycles. The van der Waals surface area contributed by atoms with Crippen LogP contribution in [0.25, 0.3) is 0 Å². The van der Waals surface area contributed by atoms with Crippen molar-refractivity contribution in [3.8, 4) is 0 Å². The van der Waals surface area contributed by atoms with Gasteiger partial charge in [0.05, 0.1) is 4.92 Å². The van der Waals surface area contributed by atoms with Gasteiger partial charge in [-0.2, -0.15) is 11.8 Å². The van der Waals surface area contributed by atoms with Gasteiger partial charge in [0.2, 0.25) is 0 Å². The molecule has 1 aliphatic heterocycles. The summed E-state index contributed by atoms with van der Waals surface area (Å²) in [4.78, 5) is 22.3. The first-order chi connectivity index (χ1) is 10.1. The Morgan fingerprint density at radius 3 is 2.76 bits per heavy atom. The van der Waals surface area contributed by atoms with Crippen molar-refractivity contribution < 1.29 is 9.72 Å². The molecular formula is C13H18N4O3S. The number of nitrogens with two attached hydrogens (primary N) is 1. The molecule has 0 atom stereocenters. The van der Waals surface area contributed by atoms with Crippen LogP contribution >= 0.6 is 11.8 Å². The number of nitrogen functional groups attached to an aromatic ring is 1. The van der Waals surface area contributed by atoms with Crippen LogP contribution in [0.4, 0.5) is 11.4 Å². The Labute approximate surface area is 126 Å². The Kier molecular flexibility index (Phi) is 5.40. The number of nitrogens with zero attached hydrogens (tertiary/aromatic N) is 1. The summed E-state index contributed by atoms with van der Waals surface area (Å²) in [5.74, 6) is 7.81. The number of thioether (sulfide) groups is 1. The number of hydrogen-bond acceptors (Lipinski definition) is 6. The molecule has 21 heavy (non-hydrogen) atoms. The normalized spacial score (nSPS) is 15.5. The van der Waals surface area contributed by atoms with Gasteiger partial charge in [-0.15, -0.1) is 0 Å². The third-order valence-electron chi connectivity index (χ3n) is 3.50. The molecule has 1 fully saturated rings. The molecule has 1 saturated heterocycles. The number of nitro benzene ring substituents is 1. The second kappa shape index (κ2) is 7.28. The lowest BCUT2D eigenvalue weighted by molar-refractivity contribution is -0.384. The van der Waals surface area contributed by atoms with Crippen molar-refractivity contribution in [2.45, 2.75) is 12.8 Å². The minimum absolute atomic E-state index is 0.127. The second-order valence-electron chi connectivity index (χ2n) is 4.90. The zero-order valence-electron chi connectivity index (χ0n) is 11.5. The third kappa shape index (κ3) is 4.08. The molecule has 0 radical (unpaired) electrons. The lowest BCUT2D eigenvalue weighted by Crippen LogP contribution is -2.31. The van der Waals surface area contributed by atoms with E-state index >= 15 is 0 Å². The number of carbonyl (C=O) groups is 1. The minimum atomic E-state index is -0.545. The van der Waals surface area contributed by atoms with Crippen LogP contribution in [0.5, 0.6) is 0 Å². The van der Waals surface area contributed by atoms with E-state index in [9.17, 15) is 14.9 Å². The highest BCUT2D eigenvalue weighted by Gasteiger charge is 2.18. The molecule has 0 spiro atoms. The average molecular weight is 310 g/mol. The number of rotatable bonds is 5. The summed E-state index contributed by atoms with van der Waals surface area (Å²) in [6.45, 7) is 0.641. The number of benzene rings is 1. The molecule has 4 N–H and O–H groups in total. The molecule has 0 unspecified atom stereocenters. The van der Waals surface area contributed by atoms with Gasteiger partial charge in [0.15, 0.2) is 0 Å². The predicted octanol–water partition coefficient (Wildman–Crippen LogP) is 1.75.